The van der Waals surface area contributed by atoms with Crippen LogP contribution in [0.4, 0.5) is 0 Å². The number of carbonyl (C=O) groups excluding carboxylic acids is 2. The molecule has 0 aliphatic rings. The van der Waals surface area contributed by atoms with E-state index in [1.807, 2.05) is 0 Å². The van der Waals surface area contributed by atoms with Gasteiger partial charge in [0, 0.05) is 0 Å². The van der Waals surface area contributed by atoms with Crippen molar-refractivity contribution >= 4 is 11.9 Å². The highest BCUT2D eigenvalue weighted by molar-refractivity contribution is 5.94. The number of ether oxygens (including phenoxy) is 3. The van der Waals surface area contributed by atoms with E-state index in [9.17, 15) is 9.59 Å². The lowest BCUT2D eigenvalue weighted by molar-refractivity contribution is -0.142. The minimum Gasteiger partial charge on any atom is -0.484 e. The fourth-order valence-corrected chi connectivity index (χ4v) is 0.662. The first kappa shape index (κ1) is 12.5. The highest BCUT2D eigenvalue weighted by atomic mass is 16.6. The van der Waals surface area contributed by atoms with Crippen molar-refractivity contribution in [1.29, 1.82) is 0 Å². The summed E-state index contributed by atoms with van der Waals surface area (Å²) in [4.78, 5) is 21.9. The Morgan fingerprint density at radius 2 is 1.71 bits per heavy atom. The molecule has 0 radical (unpaired) electrons. The molecule has 0 fully saturated rings. The van der Waals surface area contributed by atoms with Crippen LogP contribution in [0.1, 0.15) is 13.8 Å². The van der Waals surface area contributed by atoms with E-state index in [0.717, 1.165) is 6.08 Å². The van der Waals surface area contributed by atoms with Crippen LogP contribution in [0.3, 0.4) is 0 Å². The van der Waals surface area contributed by atoms with Crippen LogP contribution in [0.15, 0.2) is 11.8 Å². The van der Waals surface area contributed by atoms with E-state index in [0.29, 0.717) is 0 Å². The van der Waals surface area contributed by atoms with Gasteiger partial charge in [0.15, 0.2) is 0 Å². The molecule has 0 aromatic heterocycles. The van der Waals surface area contributed by atoms with Crippen LogP contribution in [0.2, 0.25) is 0 Å². The maximum atomic E-state index is 11.1. The second kappa shape index (κ2) is 6.01. The summed E-state index contributed by atoms with van der Waals surface area (Å²) in [5, 5.41) is 0. The van der Waals surface area contributed by atoms with E-state index in [1.54, 1.807) is 13.8 Å². The molecule has 0 amide bonds. The van der Waals surface area contributed by atoms with Gasteiger partial charge in [0.05, 0.1) is 26.4 Å². The fraction of sp³-hybridized carbons (Fsp3) is 0.556. The Bertz CT molecular complexity index is 242. The monoisotopic (exact) mass is 202 g/mol. The quantitative estimate of drug-likeness (QED) is 0.380. The first-order chi connectivity index (χ1) is 6.51. The van der Waals surface area contributed by atoms with Crippen molar-refractivity contribution < 1.29 is 23.8 Å². The van der Waals surface area contributed by atoms with Crippen molar-refractivity contribution in [3.05, 3.63) is 11.8 Å². The molecule has 0 saturated heterocycles. The SMILES string of the molecule is COC(=O)/C=C(\OC(C)C)C(=O)OC. The summed E-state index contributed by atoms with van der Waals surface area (Å²) >= 11 is 0. The predicted octanol–water partition coefficient (Wildman–Crippen LogP) is 0.641. The summed E-state index contributed by atoms with van der Waals surface area (Å²) in [6.45, 7) is 3.46. The van der Waals surface area contributed by atoms with Crippen LogP contribution in [0.25, 0.3) is 0 Å². The molecular weight excluding hydrogens is 188 g/mol. The highest BCUT2D eigenvalue weighted by Gasteiger charge is 2.15. The van der Waals surface area contributed by atoms with Crippen LogP contribution in [0.5, 0.6) is 0 Å². The lowest BCUT2D eigenvalue weighted by Crippen LogP contribution is -2.14. The van der Waals surface area contributed by atoms with E-state index in [1.165, 1.54) is 14.2 Å². The third-order valence-corrected chi connectivity index (χ3v) is 1.20. The molecule has 0 aromatic rings. The Hall–Kier alpha value is -1.52. The van der Waals surface area contributed by atoms with Gasteiger partial charge >= 0.3 is 11.9 Å². The van der Waals surface area contributed by atoms with Gasteiger partial charge in [-0.2, -0.15) is 0 Å². The normalized spacial score (nSPS) is 11.1. The molecule has 14 heavy (non-hydrogen) atoms. The molecular formula is C9H14O5. The molecule has 0 aliphatic carbocycles. The Morgan fingerprint density at radius 1 is 1.14 bits per heavy atom. The highest BCUT2D eigenvalue weighted by Crippen LogP contribution is 2.04. The zero-order valence-corrected chi connectivity index (χ0v) is 8.70. The second-order valence-corrected chi connectivity index (χ2v) is 2.69. The maximum absolute atomic E-state index is 11.1. The van der Waals surface area contributed by atoms with Crippen molar-refractivity contribution in [2.75, 3.05) is 14.2 Å². The molecule has 5 heteroatoms. The van der Waals surface area contributed by atoms with Crippen molar-refractivity contribution in [3.63, 3.8) is 0 Å². The first-order valence-corrected chi connectivity index (χ1v) is 4.05. The molecule has 0 N–H and O–H groups in total. The van der Waals surface area contributed by atoms with Gasteiger partial charge in [-0.3, -0.25) is 0 Å². The van der Waals surface area contributed by atoms with E-state index in [2.05, 4.69) is 9.47 Å². The largest absolute Gasteiger partial charge is 0.484 e. The minimum atomic E-state index is -0.705. The summed E-state index contributed by atoms with van der Waals surface area (Å²) in [6.07, 6.45) is 0.733. The van der Waals surface area contributed by atoms with Crippen molar-refractivity contribution in [2.24, 2.45) is 0 Å². The van der Waals surface area contributed by atoms with Gasteiger partial charge < -0.3 is 14.2 Å². The minimum absolute atomic E-state index is 0.158. The van der Waals surface area contributed by atoms with Gasteiger partial charge in [0.2, 0.25) is 5.76 Å². The van der Waals surface area contributed by atoms with E-state index in [4.69, 9.17) is 4.74 Å². The summed E-state index contributed by atoms with van der Waals surface area (Å²) in [5.74, 6) is -1.52. The lowest BCUT2D eigenvalue weighted by atomic mass is 10.4. The third kappa shape index (κ3) is 4.49. The third-order valence-electron chi connectivity index (χ3n) is 1.20. The zero-order valence-electron chi connectivity index (χ0n) is 8.70. The fourth-order valence-electron chi connectivity index (χ4n) is 0.662. The van der Waals surface area contributed by atoms with Gasteiger partial charge in [-0.05, 0) is 13.8 Å². The van der Waals surface area contributed by atoms with Crippen LogP contribution >= 0.6 is 0 Å². The van der Waals surface area contributed by atoms with E-state index >= 15 is 0 Å². The zero-order chi connectivity index (χ0) is 11.1. The topological polar surface area (TPSA) is 61.8 Å². The van der Waals surface area contributed by atoms with E-state index in [-0.39, 0.29) is 11.9 Å². The van der Waals surface area contributed by atoms with Gasteiger partial charge in [-0.25, -0.2) is 9.59 Å². The second-order valence-electron chi connectivity index (χ2n) is 2.69. The Labute approximate surface area is 82.6 Å². The van der Waals surface area contributed by atoms with Gasteiger partial charge in [0.25, 0.3) is 0 Å². The molecule has 80 valence electrons. The average molecular weight is 202 g/mol. The molecule has 0 unspecified atom stereocenters. The maximum Gasteiger partial charge on any atom is 0.373 e. The summed E-state index contributed by atoms with van der Waals surface area (Å²) in [7, 11) is 2.42. The molecule has 0 spiro atoms. The molecule has 5 nitrogen and oxygen atoms in total. The van der Waals surface area contributed by atoms with Crippen LogP contribution < -0.4 is 0 Å². The number of methoxy groups -OCH3 is 2. The standard InChI is InChI=1S/C9H14O5/c1-6(2)14-7(9(11)13-4)5-8(10)12-3/h5-6H,1-4H3/b7-5-. The Kier molecular flexibility index (Phi) is 5.36. The number of hydrogen-bond acceptors (Lipinski definition) is 5. The summed E-state index contributed by atoms with van der Waals surface area (Å²) in [6, 6.07) is 0. The smallest absolute Gasteiger partial charge is 0.373 e. The first-order valence-electron chi connectivity index (χ1n) is 4.05. The van der Waals surface area contributed by atoms with Crippen LogP contribution in [-0.2, 0) is 23.8 Å². The molecule has 0 aromatic carbocycles. The summed E-state index contributed by atoms with van der Waals surface area (Å²) < 4.78 is 13.8. The number of esters is 2. The van der Waals surface area contributed by atoms with Crippen molar-refractivity contribution in [2.45, 2.75) is 20.0 Å². The van der Waals surface area contributed by atoms with Crippen molar-refractivity contribution in [1.82, 2.24) is 0 Å². The van der Waals surface area contributed by atoms with E-state index < -0.39 is 11.9 Å². The number of rotatable bonds is 4. The van der Waals surface area contributed by atoms with Gasteiger partial charge in [-0.15, -0.1) is 0 Å². The number of carbonyl (C=O) groups is 2. The Morgan fingerprint density at radius 3 is 2.07 bits per heavy atom. The number of hydrogen-bond donors (Lipinski definition) is 0. The molecule has 0 atom stereocenters. The van der Waals surface area contributed by atoms with Crippen molar-refractivity contribution in [3.8, 4) is 0 Å². The Balaban J connectivity index is 4.62. The predicted molar refractivity (Wildman–Crippen MR) is 48.3 cm³/mol. The molecule has 0 bridgehead atoms. The molecule has 0 rings (SSSR count). The van der Waals surface area contributed by atoms with Gasteiger partial charge in [0.1, 0.15) is 0 Å². The summed E-state index contributed by atoms with van der Waals surface area (Å²) in [5.41, 5.74) is 0. The molecule has 0 heterocycles. The average Bonchev–Trinajstić information content (AvgIpc) is 2.14. The molecule has 0 saturated carbocycles. The molecule has 0 aliphatic heterocycles. The lowest BCUT2D eigenvalue weighted by Gasteiger charge is -2.10. The van der Waals surface area contributed by atoms with Gasteiger partial charge in [-0.1, -0.05) is 0 Å². The van der Waals surface area contributed by atoms with Crippen LogP contribution in [-0.4, -0.2) is 32.3 Å². The van der Waals surface area contributed by atoms with Crippen LogP contribution in [0, 0.1) is 0 Å².